The van der Waals surface area contributed by atoms with Gasteiger partial charge in [0.1, 0.15) is 23.2 Å². The summed E-state index contributed by atoms with van der Waals surface area (Å²) in [6, 6.07) is 17.8. The number of carbonyl (C=O) groups excluding carboxylic acids is 1. The fourth-order valence-electron chi connectivity index (χ4n) is 2.64. The van der Waals surface area contributed by atoms with Crippen molar-refractivity contribution in [1.82, 2.24) is 4.98 Å². The first-order valence-corrected chi connectivity index (χ1v) is 9.95. The van der Waals surface area contributed by atoms with Crippen molar-refractivity contribution >= 4 is 61.9 Å². The van der Waals surface area contributed by atoms with Crippen LogP contribution in [0.4, 0.5) is 5.13 Å². The Balaban J connectivity index is 1.57. The number of hydrogen-bond donors (Lipinski definition) is 1. The van der Waals surface area contributed by atoms with Gasteiger partial charge in [-0.05, 0) is 42.5 Å². The molecule has 29 heavy (non-hydrogen) atoms. The fourth-order valence-corrected chi connectivity index (χ4v) is 3.89. The molecule has 4 aromatic rings. The zero-order chi connectivity index (χ0) is 20.4. The SMILES string of the molecule is N#CC(=Cc1ccc(-c2cc(Cl)ccc2Cl)o1)C(=O)Nc1nc2ccccc2s1. The van der Waals surface area contributed by atoms with Crippen LogP contribution in [0.1, 0.15) is 5.76 Å². The van der Waals surface area contributed by atoms with E-state index in [1.165, 1.54) is 17.4 Å². The molecule has 8 heteroatoms. The highest BCUT2D eigenvalue weighted by molar-refractivity contribution is 7.22. The number of nitrogens with zero attached hydrogens (tertiary/aromatic N) is 2. The molecule has 0 atom stereocenters. The quantitative estimate of drug-likeness (QED) is 0.294. The lowest BCUT2D eigenvalue weighted by Crippen LogP contribution is -2.13. The molecule has 0 aliphatic heterocycles. The first kappa shape index (κ1) is 19.2. The average Bonchev–Trinajstić information content (AvgIpc) is 3.34. The number of para-hydroxylation sites is 1. The molecule has 142 valence electrons. The number of aromatic nitrogens is 1. The number of nitrogens with one attached hydrogen (secondary N) is 1. The Kier molecular flexibility index (Phi) is 5.36. The number of fused-ring (bicyclic) bond motifs is 1. The Labute approximate surface area is 179 Å². The minimum absolute atomic E-state index is 0.109. The summed E-state index contributed by atoms with van der Waals surface area (Å²) in [7, 11) is 0. The van der Waals surface area contributed by atoms with Gasteiger partial charge in [0, 0.05) is 16.7 Å². The lowest BCUT2D eigenvalue weighted by molar-refractivity contribution is -0.112. The van der Waals surface area contributed by atoms with Crippen LogP contribution in [0.25, 0.3) is 27.6 Å². The van der Waals surface area contributed by atoms with E-state index < -0.39 is 5.91 Å². The van der Waals surface area contributed by atoms with Gasteiger partial charge in [0.15, 0.2) is 5.13 Å². The van der Waals surface area contributed by atoms with Crippen LogP contribution in [0.3, 0.4) is 0 Å². The van der Waals surface area contributed by atoms with Gasteiger partial charge in [0.05, 0.1) is 15.2 Å². The summed E-state index contributed by atoms with van der Waals surface area (Å²) < 4.78 is 6.67. The van der Waals surface area contributed by atoms with Crippen molar-refractivity contribution in [2.45, 2.75) is 0 Å². The number of carbonyl (C=O) groups is 1. The number of amides is 1. The Morgan fingerprint density at radius 1 is 1.17 bits per heavy atom. The first-order valence-electron chi connectivity index (χ1n) is 8.37. The Morgan fingerprint density at radius 3 is 2.79 bits per heavy atom. The molecule has 4 rings (SSSR count). The number of halogens is 2. The molecule has 0 aliphatic carbocycles. The zero-order valence-electron chi connectivity index (χ0n) is 14.6. The predicted molar refractivity (Wildman–Crippen MR) is 116 cm³/mol. The fraction of sp³-hybridized carbons (Fsp3) is 0. The highest BCUT2D eigenvalue weighted by atomic mass is 35.5. The second kappa shape index (κ2) is 8.10. The van der Waals surface area contributed by atoms with Gasteiger partial charge in [-0.3, -0.25) is 10.1 Å². The topological polar surface area (TPSA) is 78.9 Å². The van der Waals surface area contributed by atoms with Crippen LogP contribution in [-0.2, 0) is 4.79 Å². The molecule has 0 saturated carbocycles. The van der Waals surface area contributed by atoms with Crippen molar-refractivity contribution < 1.29 is 9.21 Å². The summed E-state index contributed by atoms with van der Waals surface area (Å²) in [6.07, 6.45) is 1.37. The normalized spacial score (nSPS) is 11.4. The number of furan rings is 1. The molecule has 0 aliphatic rings. The molecule has 2 heterocycles. The van der Waals surface area contributed by atoms with E-state index in [9.17, 15) is 10.1 Å². The lowest BCUT2D eigenvalue weighted by atomic mass is 10.2. The molecule has 0 spiro atoms. The van der Waals surface area contributed by atoms with E-state index >= 15 is 0 Å². The summed E-state index contributed by atoms with van der Waals surface area (Å²) in [5, 5.41) is 13.5. The van der Waals surface area contributed by atoms with Crippen molar-refractivity contribution in [3.63, 3.8) is 0 Å². The number of thiazole rings is 1. The van der Waals surface area contributed by atoms with Crippen molar-refractivity contribution in [2.75, 3.05) is 5.32 Å². The largest absolute Gasteiger partial charge is 0.457 e. The molecule has 1 N–H and O–H groups in total. The molecule has 2 aromatic carbocycles. The minimum atomic E-state index is -0.565. The van der Waals surface area contributed by atoms with Gasteiger partial charge in [0.25, 0.3) is 5.91 Å². The van der Waals surface area contributed by atoms with E-state index in [2.05, 4.69) is 10.3 Å². The van der Waals surface area contributed by atoms with Gasteiger partial charge in [-0.1, -0.05) is 46.7 Å². The number of hydrogen-bond acceptors (Lipinski definition) is 5. The Hall–Kier alpha value is -3.11. The van der Waals surface area contributed by atoms with E-state index in [0.717, 1.165) is 10.2 Å². The highest BCUT2D eigenvalue weighted by Gasteiger charge is 2.14. The third kappa shape index (κ3) is 4.17. The Bertz CT molecular complexity index is 1270. The van der Waals surface area contributed by atoms with Crippen LogP contribution in [0.15, 0.2) is 64.6 Å². The molecule has 0 bridgehead atoms. The summed E-state index contributed by atoms with van der Waals surface area (Å²) in [4.78, 5) is 16.8. The van der Waals surface area contributed by atoms with Gasteiger partial charge < -0.3 is 4.42 Å². The van der Waals surface area contributed by atoms with E-state index in [0.29, 0.717) is 32.3 Å². The van der Waals surface area contributed by atoms with Crippen molar-refractivity contribution in [3.8, 4) is 17.4 Å². The molecule has 0 fully saturated rings. The van der Waals surface area contributed by atoms with Gasteiger partial charge in [-0.25, -0.2) is 4.98 Å². The third-order valence-corrected chi connectivity index (χ3v) is 5.50. The monoisotopic (exact) mass is 439 g/mol. The predicted octanol–water partition coefficient (Wildman–Crippen LogP) is 6.41. The zero-order valence-corrected chi connectivity index (χ0v) is 17.0. The van der Waals surface area contributed by atoms with Gasteiger partial charge in [0.2, 0.25) is 0 Å². The number of rotatable bonds is 4. The van der Waals surface area contributed by atoms with Crippen LogP contribution >= 0.6 is 34.5 Å². The molecular weight excluding hydrogens is 429 g/mol. The van der Waals surface area contributed by atoms with E-state index in [1.54, 1.807) is 30.3 Å². The summed E-state index contributed by atoms with van der Waals surface area (Å²) in [5.74, 6) is 0.255. The maximum atomic E-state index is 12.5. The second-order valence-electron chi connectivity index (χ2n) is 5.94. The number of anilines is 1. The van der Waals surface area contributed by atoms with Crippen LogP contribution < -0.4 is 5.32 Å². The summed E-state index contributed by atoms with van der Waals surface area (Å²) >= 11 is 13.5. The van der Waals surface area contributed by atoms with E-state index in [-0.39, 0.29) is 5.57 Å². The average molecular weight is 440 g/mol. The first-order chi connectivity index (χ1) is 14.0. The van der Waals surface area contributed by atoms with Crippen LogP contribution in [-0.4, -0.2) is 10.9 Å². The molecule has 1 amide bonds. The van der Waals surface area contributed by atoms with Crippen molar-refractivity contribution in [2.24, 2.45) is 0 Å². The van der Waals surface area contributed by atoms with Crippen molar-refractivity contribution in [1.29, 1.82) is 5.26 Å². The summed E-state index contributed by atoms with van der Waals surface area (Å²) in [6.45, 7) is 0. The summed E-state index contributed by atoms with van der Waals surface area (Å²) in [5.41, 5.74) is 1.29. The van der Waals surface area contributed by atoms with Crippen LogP contribution in [0.2, 0.25) is 10.0 Å². The lowest BCUT2D eigenvalue weighted by Gasteiger charge is -2.01. The molecule has 0 radical (unpaired) electrons. The van der Waals surface area contributed by atoms with Crippen LogP contribution in [0, 0.1) is 11.3 Å². The number of nitriles is 1. The molecule has 5 nitrogen and oxygen atoms in total. The maximum absolute atomic E-state index is 12.5. The smallest absolute Gasteiger partial charge is 0.268 e. The molecule has 2 aromatic heterocycles. The Morgan fingerprint density at radius 2 is 2.00 bits per heavy atom. The number of benzene rings is 2. The van der Waals surface area contributed by atoms with Crippen LogP contribution in [0.5, 0.6) is 0 Å². The van der Waals surface area contributed by atoms with Gasteiger partial charge in [-0.15, -0.1) is 0 Å². The minimum Gasteiger partial charge on any atom is -0.457 e. The molecule has 0 saturated heterocycles. The third-order valence-electron chi connectivity index (χ3n) is 3.99. The van der Waals surface area contributed by atoms with E-state index in [1.807, 2.05) is 30.3 Å². The maximum Gasteiger partial charge on any atom is 0.268 e. The van der Waals surface area contributed by atoms with Gasteiger partial charge >= 0.3 is 0 Å². The standard InChI is InChI=1S/C21H11Cl2N3O2S/c22-13-5-7-16(23)15(10-13)18-8-6-14(28-18)9-12(11-24)20(27)26-21-25-17-3-1-2-4-19(17)29-21/h1-10H,(H,25,26,27). The van der Waals surface area contributed by atoms with E-state index in [4.69, 9.17) is 27.6 Å². The highest BCUT2D eigenvalue weighted by Crippen LogP contribution is 2.32. The van der Waals surface area contributed by atoms with Gasteiger partial charge in [-0.2, -0.15) is 5.26 Å². The second-order valence-corrected chi connectivity index (χ2v) is 7.81. The van der Waals surface area contributed by atoms with Crippen molar-refractivity contribution in [3.05, 3.63) is 76.0 Å². The molecule has 0 unspecified atom stereocenters. The molecular formula is C21H11Cl2N3O2S.